The van der Waals surface area contributed by atoms with Gasteiger partial charge in [-0.3, -0.25) is 4.79 Å². The highest BCUT2D eigenvalue weighted by Gasteiger charge is 2.13. The molecule has 2 aromatic carbocycles. The number of rotatable bonds is 6. The lowest BCUT2D eigenvalue weighted by Crippen LogP contribution is -2.28. The van der Waals surface area contributed by atoms with Crippen LogP contribution in [-0.2, 0) is 11.3 Å². The Labute approximate surface area is 173 Å². The fraction of sp³-hybridized carbons (Fsp3) is 0.182. The van der Waals surface area contributed by atoms with Crippen molar-refractivity contribution in [2.45, 2.75) is 26.3 Å². The van der Waals surface area contributed by atoms with Crippen molar-refractivity contribution in [3.05, 3.63) is 82.9 Å². The van der Waals surface area contributed by atoms with Crippen LogP contribution in [0.1, 0.15) is 25.3 Å². The third kappa shape index (κ3) is 4.22. The van der Waals surface area contributed by atoms with Crippen LogP contribution in [0.3, 0.4) is 0 Å². The average Bonchev–Trinajstić information content (AvgIpc) is 3.03. The van der Waals surface area contributed by atoms with Crippen LogP contribution in [0.2, 0.25) is 0 Å². The Balaban J connectivity index is 1.51. The second-order valence-corrected chi connectivity index (χ2v) is 7.24. The Hall–Kier alpha value is -3.94. The van der Waals surface area contributed by atoms with Crippen LogP contribution >= 0.6 is 0 Å². The molecule has 0 aliphatic rings. The van der Waals surface area contributed by atoms with E-state index in [1.54, 1.807) is 12.3 Å². The number of aromatic nitrogens is 4. The van der Waals surface area contributed by atoms with Gasteiger partial charge < -0.3 is 10.6 Å². The van der Waals surface area contributed by atoms with Gasteiger partial charge in [0.05, 0.1) is 0 Å². The molecule has 0 aliphatic heterocycles. The topological polar surface area (TPSA) is 93.3 Å². The number of benzene rings is 2. The van der Waals surface area contributed by atoms with Gasteiger partial charge in [0.25, 0.3) is 5.78 Å². The second kappa shape index (κ2) is 8.20. The number of fused-ring (bicyclic) bond motifs is 1. The van der Waals surface area contributed by atoms with Crippen molar-refractivity contribution < 1.29 is 4.79 Å². The Kier molecular flexibility index (Phi) is 5.30. The first-order valence-electron chi connectivity index (χ1n) is 9.68. The van der Waals surface area contributed by atoms with E-state index >= 15 is 0 Å². The Bertz CT molecular complexity index is 1240. The van der Waals surface area contributed by atoms with Gasteiger partial charge in [0.2, 0.25) is 5.91 Å². The van der Waals surface area contributed by atoms with Crippen molar-refractivity contribution in [2.24, 2.45) is 0 Å². The molecule has 30 heavy (non-hydrogen) atoms. The number of anilines is 3. The minimum absolute atomic E-state index is 0.199. The molecule has 2 aromatic heterocycles. The quantitative estimate of drug-likeness (QED) is 0.516. The molecule has 8 heteroatoms. The maximum Gasteiger partial charge on any atom is 0.352 e. The summed E-state index contributed by atoms with van der Waals surface area (Å²) in [7, 11) is 0. The van der Waals surface area contributed by atoms with Crippen molar-refractivity contribution in [1.29, 1.82) is 0 Å². The van der Waals surface area contributed by atoms with Crippen molar-refractivity contribution >= 4 is 28.9 Å². The van der Waals surface area contributed by atoms with Gasteiger partial charge in [-0.05, 0) is 41.8 Å². The van der Waals surface area contributed by atoms with Gasteiger partial charge in [0, 0.05) is 17.6 Å². The summed E-state index contributed by atoms with van der Waals surface area (Å²) in [5, 5.41) is 10.2. The SMILES string of the molecule is CC(C)c1cccc(NC(=O)Cn2nc3nc(Nc4ccccc4)ccn3c2=O)c1. The maximum absolute atomic E-state index is 12.6. The minimum Gasteiger partial charge on any atom is -0.340 e. The van der Waals surface area contributed by atoms with E-state index in [2.05, 4.69) is 34.6 Å². The molecule has 0 unspecified atom stereocenters. The minimum atomic E-state index is -0.421. The van der Waals surface area contributed by atoms with Crippen molar-refractivity contribution in [3.63, 3.8) is 0 Å². The van der Waals surface area contributed by atoms with Crippen LogP contribution in [-0.4, -0.2) is 25.1 Å². The van der Waals surface area contributed by atoms with Gasteiger partial charge in [-0.15, -0.1) is 5.10 Å². The lowest BCUT2D eigenvalue weighted by molar-refractivity contribution is -0.117. The summed E-state index contributed by atoms with van der Waals surface area (Å²) in [4.78, 5) is 29.4. The molecular weight excluding hydrogens is 380 g/mol. The van der Waals surface area contributed by atoms with Crippen LogP contribution in [0.5, 0.6) is 0 Å². The third-order valence-corrected chi connectivity index (χ3v) is 4.63. The monoisotopic (exact) mass is 402 g/mol. The van der Waals surface area contributed by atoms with Crippen LogP contribution in [0, 0.1) is 0 Å². The maximum atomic E-state index is 12.6. The number of para-hydroxylation sites is 1. The van der Waals surface area contributed by atoms with Gasteiger partial charge in [-0.2, -0.15) is 4.98 Å². The van der Waals surface area contributed by atoms with E-state index in [1.807, 2.05) is 54.6 Å². The van der Waals surface area contributed by atoms with E-state index in [0.717, 1.165) is 15.9 Å². The summed E-state index contributed by atoms with van der Waals surface area (Å²) in [5.74, 6) is 0.799. The Morgan fingerprint density at radius 3 is 2.57 bits per heavy atom. The first kappa shape index (κ1) is 19.4. The highest BCUT2D eigenvalue weighted by Crippen LogP contribution is 2.18. The molecule has 0 aliphatic carbocycles. The van der Waals surface area contributed by atoms with Crippen molar-refractivity contribution in [2.75, 3.05) is 10.6 Å². The molecule has 2 N–H and O–H groups in total. The van der Waals surface area contributed by atoms with Crippen LogP contribution in [0.15, 0.2) is 71.7 Å². The summed E-state index contributed by atoms with van der Waals surface area (Å²) >= 11 is 0. The lowest BCUT2D eigenvalue weighted by Gasteiger charge is -2.09. The van der Waals surface area contributed by atoms with Crippen molar-refractivity contribution in [1.82, 2.24) is 19.2 Å². The summed E-state index contributed by atoms with van der Waals surface area (Å²) in [6.07, 6.45) is 1.59. The lowest BCUT2D eigenvalue weighted by atomic mass is 10.0. The molecular formula is C22H22N6O2. The zero-order chi connectivity index (χ0) is 21.1. The highest BCUT2D eigenvalue weighted by molar-refractivity contribution is 5.90. The number of hydrogen-bond acceptors (Lipinski definition) is 5. The molecule has 0 radical (unpaired) electrons. The van der Waals surface area contributed by atoms with Crippen LogP contribution in [0.25, 0.3) is 5.78 Å². The molecule has 0 atom stereocenters. The van der Waals surface area contributed by atoms with Crippen LogP contribution in [0.4, 0.5) is 17.2 Å². The predicted molar refractivity (Wildman–Crippen MR) is 116 cm³/mol. The molecule has 152 valence electrons. The predicted octanol–water partition coefficient (Wildman–Crippen LogP) is 3.40. The fourth-order valence-corrected chi connectivity index (χ4v) is 3.06. The Morgan fingerprint density at radius 2 is 1.80 bits per heavy atom. The highest BCUT2D eigenvalue weighted by atomic mass is 16.2. The Morgan fingerprint density at radius 1 is 1.03 bits per heavy atom. The summed E-state index contributed by atoms with van der Waals surface area (Å²) in [6.45, 7) is 3.98. The van der Waals surface area contributed by atoms with Gasteiger partial charge in [0.1, 0.15) is 12.4 Å². The zero-order valence-corrected chi connectivity index (χ0v) is 16.7. The second-order valence-electron chi connectivity index (χ2n) is 7.24. The van der Waals surface area contributed by atoms with Crippen LogP contribution < -0.4 is 16.3 Å². The molecule has 0 bridgehead atoms. The summed E-state index contributed by atoms with van der Waals surface area (Å²) in [5.41, 5.74) is 2.27. The normalized spacial score (nSPS) is 11.0. The number of carbonyl (C=O) groups excluding carboxylic acids is 1. The van der Waals surface area contributed by atoms with E-state index < -0.39 is 5.69 Å². The first-order chi connectivity index (χ1) is 14.5. The summed E-state index contributed by atoms with van der Waals surface area (Å²) < 4.78 is 2.42. The summed E-state index contributed by atoms with van der Waals surface area (Å²) in [6, 6.07) is 18.9. The van der Waals surface area contributed by atoms with E-state index in [4.69, 9.17) is 0 Å². The molecule has 0 fully saturated rings. The third-order valence-electron chi connectivity index (χ3n) is 4.63. The van der Waals surface area contributed by atoms with E-state index in [1.165, 1.54) is 4.40 Å². The molecule has 0 saturated heterocycles. The first-order valence-corrected chi connectivity index (χ1v) is 9.68. The molecule has 8 nitrogen and oxygen atoms in total. The van der Waals surface area contributed by atoms with Gasteiger partial charge in [-0.25, -0.2) is 13.9 Å². The van der Waals surface area contributed by atoms with Crippen molar-refractivity contribution in [3.8, 4) is 0 Å². The van der Waals surface area contributed by atoms with Gasteiger partial charge in [-0.1, -0.05) is 44.2 Å². The van der Waals surface area contributed by atoms with E-state index in [0.29, 0.717) is 17.4 Å². The van der Waals surface area contributed by atoms with Gasteiger partial charge >= 0.3 is 5.69 Å². The molecule has 0 spiro atoms. The van der Waals surface area contributed by atoms with E-state index in [9.17, 15) is 9.59 Å². The van der Waals surface area contributed by atoms with Gasteiger partial charge in [0.15, 0.2) is 0 Å². The number of hydrogen-bond donors (Lipinski definition) is 2. The molecule has 2 heterocycles. The van der Waals surface area contributed by atoms with E-state index in [-0.39, 0.29) is 18.2 Å². The molecule has 4 rings (SSSR count). The molecule has 4 aromatic rings. The molecule has 1 amide bonds. The number of amides is 1. The largest absolute Gasteiger partial charge is 0.352 e. The number of nitrogens with one attached hydrogen (secondary N) is 2. The number of carbonyl (C=O) groups is 1. The fourth-order valence-electron chi connectivity index (χ4n) is 3.06. The zero-order valence-electron chi connectivity index (χ0n) is 16.7. The smallest absolute Gasteiger partial charge is 0.340 e. The average molecular weight is 402 g/mol. The standard InChI is InChI=1S/C22H22N6O2/c1-15(2)16-7-6-10-18(13-16)24-20(29)14-28-22(30)27-12-11-19(25-21(27)26-28)23-17-8-4-3-5-9-17/h3-13,15H,14H2,1-2H3,(H,24,29)(H,23,25,26). The number of nitrogens with zero attached hydrogens (tertiary/aromatic N) is 4. The molecule has 0 saturated carbocycles.